The first-order valence-electron chi connectivity index (χ1n) is 6.44. The van der Waals surface area contributed by atoms with Crippen LogP contribution in [0.5, 0.6) is 11.5 Å². The Balaban J connectivity index is 2.04. The third kappa shape index (κ3) is 2.98. The summed E-state index contributed by atoms with van der Waals surface area (Å²) in [4.78, 5) is 12.0. The average molecular weight is 264 g/mol. The van der Waals surface area contributed by atoms with E-state index in [4.69, 9.17) is 15.2 Å². The Morgan fingerprint density at radius 1 is 1.26 bits per heavy atom. The minimum Gasteiger partial charge on any atom is -0.454 e. The molecule has 1 aromatic carbocycles. The van der Waals surface area contributed by atoms with Crippen molar-refractivity contribution in [1.29, 1.82) is 0 Å². The summed E-state index contributed by atoms with van der Waals surface area (Å²) in [5.41, 5.74) is 6.71. The van der Waals surface area contributed by atoms with Crippen LogP contribution in [0.2, 0.25) is 0 Å². The quantitative estimate of drug-likeness (QED) is 0.866. The molecule has 5 nitrogen and oxygen atoms in total. The highest BCUT2D eigenvalue weighted by Gasteiger charge is 2.21. The van der Waals surface area contributed by atoms with E-state index in [-0.39, 0.29) is 30.7 Å². The maximum atomic E-state index is 12.0. The van der Waals surface area contributed by atoms with Gasteiger partial charge in [-0.05, 0) is 31.5 Å². The van der Waals surface area contributed by atoms with Crippen LogP contribution in [-0.2, 0) is 4.79 Å². The number of nitrogens with two attached hydrogens (primary N) is 1. The second-order valence-electron chi connectivity index (χ2n) is 4.99. The van der Waals surface area contributed by atoms with Crippen molar-refractivity contribution < 1.29 is 14.3 Å². The fourth-order valence-electron chi connectivity index (χ4n) is 1.85. The lowest BCUT2D eigenvalue weighted by Gasteiger charge is -2.20. The van der Waals surface area contributed by atoms with Gasteiger partial charge in [-0.1, -0.05) is 13.0 Å². The fourth-order valence-corrected chi connectivity index (χ4v) is 1.85. The number of fused-ring (bicyclic) bond motifs is 1. The van der Waals surface area contributed by atoms with E-state index in [0.717, 1.165) is 17.1 Å². The highest BCUT2D eigenvalue weighted by molar-refractivity contribution is 5.79. The molecular weight excluding hydrogens is 244 g/mol. The van der Waals surface area contributed by atoms with Crippen LogP contribution in [0.1, 0.15) is 32.4 Å². The Kier molecular flexibility index (Phi) is 3.95. The molecule has 5 heteroatoms. The van der Waals surface area contributed by atoms with Crippen LogP contribution < -0.4 is 20.5 Å². The second-order valence-corrected chi connectivity index (χ2v) is 4.99. The first-order valence-corrected chi connectivity index (χ1v) is 6.44. The molecule has 19 heavy (non-hydrogen) atoms. The van der Waals surface area contributed by atoms with Crippen molar-refractivity contribution in [1.82, 2.24) is 5.32 Å². The van der Waals surface area contributed by atoms with Gasteiger partial charge in [0.15, 0.2) is 11.5 Å². The fraction of sp³-hybridized carbons (Fsp3) is 0.500. The molecule has 0 bridgehead atoms. The average Bonchev–Trinajstić information content (AvgIpc) is 2.84. The normalized spacial score (nSPS) is 17.7. The van der Waals surface area contributed by atoms with Gasteiger partial charge in [0, 0.05) is 12.0 Å². The predicted molar refractivity (Wildman–Crippen MR) is 71.9 cm³/mol. The Bertz CT molecular complexity index is 474. The number of hydrogen-bond acceptors (Lipinski definition) is 4. The SMILES string of the molecule is CC(NC(=O)C(C)C(C)N)c1ccc2c(c1)OCO2. The Hall–Kier alpha value is -1.75. The highest BCUT2D eigenvalue weighted by Crippen LogP contribution is 2.34. The van der Waals surface area contributed by atoms with E-state index >= 15 is 0 Å². The smallest absolute Gasteiger partial charge is 0.231 e. The molecule has 3 N–H and O–H groups in total. The predicted octanol–water partition coefficient (Wildman–Crippen LogP) is 1.58. The van der Waals surface area contributed by atoms with Gasteiger partial charge in [-0.25, -0.2) is 0 Å². The van der Waals surface area contributed by atoms with Gasteiger partial charge < -0.3 is 20.5 Å². The van der Waals surface area contributed by atoms with Crippen LogP contribution in [0.25, 0.3) is 0 Å². The van der Waals surface area contributed by atoms with Crippen LogP contribution in [-0.4, -0.2) is 18.7 Å². The molecule has 0 saturated heterocycles. The van der Waals surface area contributed by atoms with Gasteiger partial charge in [0.25, 0.3) is 0 Å². The molecular formula is C14H20N2O3. The molecule has 0 fully saturated rings. The highest BCUT2D eigenvalue weighted by atomic mass is 16.7. The van der Waals surface area contributed by atoms with Gasteiger partial charge in [-0.3, -0.25) is 4.79 Å². The number of hydrogen-bond donors (Lipinski definition) is 2. The lowest BCUT2D eigenvalue weighted by molar-refractivity contribution is -0.125. The summed E-state index contributed by atoms with van der Waals surface area (Å²) < 4.78 is 10.6. The molecule has 0 aliphatic carbocycles. The van der Waals surface area contributed by atoms with Crippen molar-refractivity contribution in [2.75, 3.05) is 6.79 Å². The molecule has 0 radical (unpaired) electrons. The first-order chi connectivity index (χ1) is 8.99. The second kappa shape index (κ2) is 5.48. The molecule has 2 rings (SSSR count). The van der Waals surface area contributed by atoms with Crippen molar-refractivity contribution in [2.24, 2.45) is 11.7 Å². The zero-order valence-corrected chi connectivity index (χ0v) is 11.5. The lowest BCUT2D eigenvalue weighted by atomic mass is 10.0. The summed E-state index contributed by atoms with van der Waals surface area (Å²) in [7, 11) is 0. The van der Waals surface area contributed by atoms with Crippen LogP contribution in [0.4, 0.5) is 0 Å². The number of benzene rings is 1. The summed E-state index contributed by atoms with van der Waals surface area (Å²) >= 11 is 0. The number of nitrogens with one attached hydrogen (secondary N) is 1. The van der Waals surface area contributed by atoms with Gasteiger partial charge in [0.1, 0.15) is 0 Å². The molecule has 0 saturated carbocycles. The van der Waals surface area contributed by atoms with Crippen molar-refractivity contribution in [3.8, 4) is 11.5 Å². The minimum atomic E-state index is -0.212. The van der Waals surface area contributed by atoms with Crippen LogP contribution >= 0.6 is 0 Å². The number of rotatable bonds is 4. The Morgan fingerprint density at radius 3 is 2.63 bits per heavy atom. The number of amides is 1. The van der Waals surface area contributed by atoms with Gasteiger partial charge in [0.2, 0.25) is 12.7 Å². The molecule has 104 valence electrons. The Labute approximate surface area is 113 Å². The summed E-state index contributed by atoms with van der Waals surface area (Å²) in [6.45, 7) is 5.84. The molecule has 1 aliphatic heterocycles. The van der Waals surface area contributed by atoms with Crippen molar-refractivity contribution in [3.05, 3.63) is 23.8 Å². The van der Waals surface area contributed by atoms with Gasteiger partial charge >= 0.3 is 0 Å². The summed E-state index contributed by atoms with van der Waals surface area (Å²) in [6, 6.07) is 5.42. The summed E-state index contributed by atoms with van der Waals surface area (Å²) in [5.74, 6) is 1.21. The van der Waals surface area contributed by atoms with E-state index < -0.39 is 0 Å². The zero-order chi connectivity index (χ0) is 14.0. The molecule has 0 aromatic heterocycles. The first kappa shape index (κ1) is 13.7. The van der Waals surface area contributed by atoms with Crippen molar-refractivity contribution >= 4 is 5.91 Å². The molecule has 0 spiro atoms. The van der Waals surface area contributed by atoms with Crippen LogP contribution in [0, 0.1) is 5.92 Å². The topological polar surface area (TPSA) is 73.6 Å². The van der Waals surface area contributed by atoms with E-state index in [9.17, 15) is 4.79 Å². The minimum absolute atomic E-state index is 0.0415. The summed E-state index contributed by atoms with van der Waals surface area (Å²) in [5, 5.41) is 2.95. The molecule has 1 amide bonds. The third-order valence-electron chi connectivity index (χ3n) is 3.46. The van der Waals surface area contributed by atoms with Crippen molar-refractivity contribution in [3.63, 3.8) is 0 Å². The standard InChI is InChI=1S/C14H20N2O3/c1-8(9(2)15)14(17)16-10(3)11-4-5-12-13(6-11)19-7-18-12/h4-6,8-10H,7,15H2,1-3H3,(H,16,17). The van der Waals surface area contributed by atoms with Crippen LogP contribution in [0.15, 0.2) is 18.2 Å². The molecule has 1 aliphatic rings. The number of ether oxygens (including phenoxy) is 2. The van der Waals surface area contributed by atoms with E-state index in [1.165, 1.54) is 0 Å². The maximum Gasteiger partial charge on any atom is 0.231 e. The molecule has 3 atom stereocenters. The molecule has 1 heterocycles. The van der Waals surface area contributed by atoms with Crippen LogP contribution in [0.3, 0.4) is 0 Å². The van der Waals surface area contributed by atoms with Gasteiger partial charge in [-0.15, -0.1) is 0 Å². The summed E-state index contributed by atoms with van der Waals surface area (Å²) in [6.07, 6.45) is 0. The molecule has 1 aromatic rings. The van der Waals surface area contributed by atoms with E-state index in [1.807, 2.05) is 39.0 Å². The van der Waals surface area contributed by atoms with Gasteiger partial charge in [-0.2, -0.15) is 0 Å². The Morgan fingerprint density at radius 2 is 1.95 bits per heavy atom. The van der Waals surface area contributed by atoms with Crippen molar-refractivity contribution in [2.45, 2.75) is 32.9 Å². The van der Waals surface area contributed by atoms with E-state index in [2.05, 4.69) is 5.32 Å². The monoisotopic (exact) mass is 264 g/mol. The zero-order valence-electron chi connectivity index (χ0n) is 11.5. The number of carbonyl (C=O) groups excluding carboxylic acids is 1. The third-order valence-corrected chi connectivity index (χ3v) is 3.46. The number of carbonyl (C=O) groups is 1. The van der Waals surface area contributed by atoms with E-state index in [1.54, 1.807) is 0 Å². The van der Waals surface area contributed by atoms with Gasteiger partial charge in [0.05, 0.1) is 6.04 Å². The maximum absolute atomic E-state index is 12.0. The van der Waals surface area contributed by atoms with E-state index in [0.29, 0.717) is 0 Å². The lowest BCUT2D eigenvalue weighted by Crippen LogP contribution is -2.39. The largest absolute Gasteiger partial charge is 0.454 e. The molecule has 3 unspecified atom stereocenters.